The van der Waals surface area contributed by atoms with Gasteiger partial charge in [-0.25, -0.2) is 8.78 Å². The number of ether oxygens (including phenoxy) is 1. The summed E-state index contributed by atoms with van der Waals surface area (Å²) in [5, 5.41) is 0.579. The summed E-state index contributed by atoms with van der Waals surface area (Å²) in [5.74, 6) is -2.23. The lowest BCUT2D eigenvalue weighted by Gasteiger charge is -2.32. The molecule has 2 rings (SSSR count). The van der Waals surface area contributed by atoms with Gasteiger partial charge in [-0.15, -0.1) is 0 Å². The Morgan fingerprint density at radius 2 is 2.26 bits per heavy atom. The van der Waals surface area contributed by atoms with Gasteiger partial charge in [-0.1, -0.05) is 22.0 Å². The second-order valence-corrected chi connectivity index (χ2v) is 5.10. The van der Waals surface area contributed by atoms with E-state index in [1.165, 1.54) is 17.9 Å². The molecule has 1 atom stereocenters. The molecule has 104 valence electrons. The van der Waals surface area contributed by atoms with Gasteiger partial charge >= 0.3 is 0 Å². The van der Waals surface area contributed by atoms with Crippen molar-refractivity contribution in [2.24, 2.45) is 0 Å². The quantitative estimate of drug-likeness (QED) is 0.778. The summed E-state index contributed by atoms with van der Waals surface area (Å²) in [4.78, 5) is 13.7. The molecule has 0 aliphatic carbocycles. The molecule has 6 heteroatoms. The van der Waals surface area contributed by atoms with Gasteiger partial charge in [0.2, 0.25) is 0 Å². The van der Waals surface area contributed by atoms with Crippen molar-refractivity contribution in [3.05, 3.63) is 34.9 Å². The fourth-order valence-electron chi connectivity index (χ4n) is 2.01. The first-order valence-electron chi connectivity index (χ1n) is 5.96. The minimum atomic E-state index is -0.824. The van der Waals surface area contributed by atoms with E-state index in [-0.39, 0.29) is 11.7 Å². The van der Waals surface area contributed by atoms with E-state index < -0.39 is 23.1 Å². The summed E-state index contributed by atoms with van der Waals surface area (Å²) in [7, 11) is 0. The maximum absolute atomic E-state index is 13.9. The largest absolute Gasteiger partial charge is 0.374 e. The zero-order valence-corrected chi connectivity index (χ0v) is 12.0. The van der Waals surface area contributed by atoms with Crippen molar-refractivity contribution in [2.45, 2.75) is 13.0 Å². The summed E-state index contributed by atoms with van der Waals surface area (Å²) < 4.78 is 33.0. The minimum Gasteiger partial charge on any atom is -0.374 e. The van der Waals surface area contributed by atoms with E-state index in [4.69, 9.17) is 4.74 Å². The Balaban J connectivity index is 2.27. The summed E-state index contributed by atoms with van der Waals surface area (Å²) in [5.41, 5.74) is -0.217. The molecule has 3 nitrogen and oxygen atoms in total. The van der Waals surface area contributed by atoms with Crippen molar-refractivity contribution < 1.29 is 18.3 Å². The molecule has 0 aromatic heterocycles. The number of alkyl halides is 1. The van der Waals surface area contributed by atoms with Crippen molar-refractivity contribution in [2.75, 3.05) is 25.0 Å². The number of benzene rings is 1. The third kappa shape index (κ3) is 2.95. The van der Waals surface area contributed by atoms with Crippen molar-refractivity contribution in [1.29, 1.82) is 0 Å². The SMILES string of the molecule is Cc1ccc(F)c(C(=O)N2CCOC(CBr)C2)c1F. The topological polar surface area (TPSA) is 29.5 Å². The summed E-state index contributed by atoms with van der Waals surface area (Å²) >= 11 is 3.27. The molecule has 1 heterocycles. The van der Waals surface area contributed by atoms with E-state index in [2.05, 4.69) is 15.9 Å². The monoisotopic (exact) mass is 333 g/mol. The van der Waals surface area contributed by atoms with Crippen LogP contribution in [0.1, 0.15) is 15.9 Å². The van der Waals surface area contributed by atoms with E-state index in [0.717, 1.165) is 6.07 Å². The second-order valence-electron chi connectivity index (χ2n) is 4.45. The van der Waals surface area contributed by atoms with Gasteiger partial charge in [-0.05, 0) is 18.6 Å². The van der Waals surface area contributed by atoms with Gasteiger partial charge in [-0.3, -0.25) is 4.79 Å². The molecule has 1 fully saturated rings. The molecular weight excluding hydrogens is 320 g/mol. The summed E-state index contributed by atoms with van der Waals surface area (Å²) in [6.45, 7) is 2.55. The van der Waals surface area contributed by atoms with Crippen molar-refractivity contribution in [3.8, 4) is 0 Å². The van der Waals surface area contributed by atoms with Crippen LogP contribution < -0.4 is 0 Å². The van der Waals surface area contributed by atoms with Crippen LogP contribution in [0.5, 0.6) is 0 Å². The third-order valence-electron chi connectivity index (χ3n) is 3.10. The molecule has 1 amide bonds. The summed E-state index contributed by atoms with van der Waals surface area (Å²) in [6, 6.07) is 2.44. The number of halogens is 3. The molecule has 1 aliphatic heterocycles. The van der Waals surface area contributed by atoms with Gasteiger partial charge in [0.1, 0.15) is 17.2 Å². The number of nitrogens with zero attached hydrogens (tertiary/aromatic N) is 1. The van der Waals surface area contributed by atoms with E-state index in [9.17, 15) is 13.6 Å². The first-order valence-corrected chi connectivity index (χ1v) is 7.08. The molecule has 0 N–H and O–H groups in total. The highest BCUT2D eigenvalue weighted by atomic mass is 79.9. The van der Waals surface area contributed by atoms with Crippen LogP contribution in [-0.4, -0.2) is 41.9 Å². The molecule has 1 unspecified atom stereocenters. The zero-order chi connectivity index (χ0) is 14.0. The highest BCUT2D eigenvalue weighted by Crippen LogP contribution is 2.20. The lowest BCUT2D eigenvalue weighted by molar-refractivity contribution is -0.0100. The van der Waals surface area contributed by atoms with Crippen molar-refractivity contribution >= 4 is 21.8 Å². The lowest BCUT2D eigenvalue weighted by atomic mass is 10.1. The molecule has 0 saturated carbocycles. The number of amides is 1. The molecule has 1 aliphatic rings. The van der Waals surface area contributed by atoms with Gasteiger partial charge in [0.25, 0.3) is 5.91 Å². The smallest absolute Gasteiger partial charge is 0.260 e. The van der Waals surface area contributed by atoms with Crippen LogP contribution in [0.25, 0.3) is 0 Å². The number of carbonyl (C=O) groups excluding carboxylic acids is 1. The Hall–Kier alpha value is -1.01. The number of aryl methyl sites for hydroxylation is 1. The second kappa shape index (κ2) is 5.96. The maximum atomic E-state index is 13.9. The van der Waals surface area contributed by atoms with Crippen molar-refractivity contribution in [1.82, 2.24) is 4.90 Å². The summed E-state index contributed by atoms with van der Waals surface area (Å²) in [6.07, 6.45) is -0.145. The Kier molecular flexibility index (Phi) is 4.52. The van der Waals surface area contributed by atoms with Crippen LogP contribution in [0, 0.1) is 18.6 Å². The van der Waals surface area contributed by atoms with E-state index in [0.29, 0.717) is 25.0 Å². The van der Waals surface area contributed by atoms with E-state index in [1.54, 1.807) is 0 Å². The number of hydrogen-bond acceptors (Lipinski definition) is 2. The standard InChI is InChI=1S/C13H14BrF2NO2/c1-8-2-3-10(15)11(12(8)16)13(18)17-4-5-19-9(6-14)7-17/h2-3,9H,4-7H2,1H3. The number of hydrogen-bond donors (Lipinski definition) is 0. The van der Waals surface area contributed by atoms with Gasteiger partial charge in [-0.2, -0.15) is 0 Å². The Morgan fingerprint density at radius 3 is 2.95 bits per heavy atom. The van der Waals surface area contributed by atoms with E-state index in [1.807, 2.05) is 0 Å². The lowest BCUT2D eigenvalue weighted by Crippen LogP contribution is -2.46. The number of rotatable bonds is 2. The molecule has 0 bridgehead atoms. The van der Waals surface area contributed by atoms with Crippen LogP contribution in [0.3, 0.4) is 0 Å². The van der Waals surface area contributed by atoms with Crippen LogP contribution in [0.4, 0.5) is 8.78 Å². The zero-order valence-electron chi connectivity index (χ0n) is 10.5. The molecule has 1 saturated heterocycles. The molecule has 1 aromatic rings. The maximum Gasteiger partial charge on any atom is 0.260 e. The average molecular weight is 334 g/mol. The number of morpholine rings is 1. The Labute approximate surface area is 118 Å². The fraction of sp³-hybridized carbons (Fsp3) is 0.462. The minimum absolute atomic E-state index is 0.145. The highest BCUT2D eigenvalue weighted by Gasteiger charge is 2.28. The third-order valence-corrected chi connectivity index (χ3v) is 3.82. The van der Waals surface area contributed by atoms with Gasteiger partial charge in [0.15, 0.2) is 0 Å². The normalized spacial score (nSPS) is 19.6. The van der Waals surface area contributed by atoms with Crippen LogP contribution in [-0.2, 0) is 4.74 Å². The molecule has 0 spiro atoms. The van der Waals surface area contributed by atoms with Crippen LogP contribution in [0.2, 0.25) is 0 Å². The fourth-order valence-corrected chi connectivity index (χ4v) is 2.40. The molecule has 1 aromatic carbocycles. The Bertz CT molecular complexity index is 496. The van der Waals surface area contributed by atoms with Crippen LogP contribution in [0.15, 0.2) is 12.1 Å². The first kappa shape index (κ1) is 14.4. The molecular formula is C13H14BrF2NO2. The predicted octanol–water partition coefficient (Wildman–Crippen LogP) is 2.51. The van der Waals surface area contributed by atoms with Crippen LogP contribution >= 0.6 is 15.9 Å². The van der Waals surface area contributed by atoms with Crippen molar-refractivity contribution in [3.63, 3.8) is 0 Å². The Morgan fingerprint density at radius 1 is 1.53 bits per heavy atom. The van der Waals surface area contributed by atoms with E-state index >= 15 is 0 Å². The van der Waals surface area contributed by atoms with Gasteiger partial charge in [0, 0.05) is 18.4 Å². The highest BCUT2D eigenvalue weighted by molar-refractivity contribution is 9.09. The first-order chi connectivity index (χ1) is 9.04. The van der Waals surface area contributed by atoms with Gasteiger partial charge in [0.05, 0.1) is 12.7 Å². The predicted molar refractivity (Wildman–Crippen MR) is 70.5 cm³/mol. The average Bonchev–Trinajstić information content (AvgIpc) is 2.43. The number of carbonyl (C=O) groups is 1. The van der Waals surface area contributed by atoms with Gasteiger partial charge < -0.3 is 9.64 Å². The molecule has 0 radical (unpaired) electrons. The molecule has 19 heavy (non-hydrogen) atoms.